The van der Waals surface area contributed by atoms with Crippen LogP contribution in [-0.4, -0.2) is 24.2 Å². The van der Waals surface area contributed by atoms with Crippen molar-refractivity contribution in [2.24, 2.45) is 5.73 Å². The molecule has 0 saturated heterocycles. The van der Waals surface area contributed by atoms with Crippen molar-refractivity contribution >= 4 is 5.91 Å². The van der Waals surface area contributed by atoms with Gasteiger partial charge in [0.15, 0.2) is 6.61 Å². The van der Waals surface area contributed by atoms with E-state index in [9.17, 15) is 18.0 Å². The third-order valence-corrected chi connectivity index (χ3v) is 3.98. The van der Waals surface area contributed by atoms with Crippen molar-refractivity contribution < 1.29 is 22.7 Å². The molecule has 1 aromatic rings. The Morgan fingerprint density at radius 1 is 1.17 bits per heavy atom. The van der Waals surface area contributed by atoms with Crippen molar-refractivity contribution in [2.75, 3.05) is 6.61 Å². The Morgan fingerprint density at radius 2 is 1.78 bits per heavy atom. The number of hydrogen-bond donors (Lipinski definition) is 2. The maximum absolute atomic E-state index is 12.2. The molecule has 0 atom stereocenters. The van der Waals surface area contributed by atoms with Gasteiger partial charge in [-0.2, -0.15) is 13.2 Å². The van der Waals surface area contributed by atoms with Crippen molar-refractivity contribution in [2.45, 2.75) is 50.4 Å². The Balaban J connectivity index is 1.83. The molecule has 4 nitrogen and oxygen atoms in total. The third-order valence-electron chi connectivity index (χ3n) is 3.98. The molecule has 1 fully saturated rings. The minimum Gasteiger partial charge on any atom is -0.484 e. The number of nitrogens with two attached hydrogens (primary N) is 1. The normalized spacial score (nSPS) is 17.6. The topological polar surface area (TPSA) is 64.4 Å². The van der Waals surface area contributed by atoms with E-state index in [0.717, 1.165) is 24.8 Å². The predicted molar refractivity (Wildman–Crippen MR) is 79.8 cm³/mol. The highest BCUT2D eigenvalue weighted by molar-refractivity contribution is 5.86. The van der Waals surface area contributed by atoms with Crippen molar-refractivity contribution in [3.63, 3.8) is 0 Å². The molecule has 0 heterocycles. The van der Waals surface area contributed by atoms with Gasteiger partial charge in [-0.3, -0.25) is 4.79 Å². The van der Waals surface area contributed by atoms with Crippen molar-refractivity contribution in [1.29, 1.82) is 0 Å². The molecule has 1 aliphatic rings. The molecule has 1 saturated carbocycles. The van der Waals surface area contributed by atoms with E-state index in [1.807, 2.05) is 0 Å². The van der Waals surface area contributed by atoms with Crippen molar-refractivity contribution in [3.8, 4) is 5.75 Å². The number of ether oxygens (including phenoxy) is 1. The lowest BCUT2D eigenvalue weighted by Crippen LogP contribution is -2.54. The summed E-state index contributed by atoms with van der Waals surface area (Å²) >= 11 is 0. The lowest BCUT2D eigenvalue weighted by Gasteiger charge is -2.31. The van der Waals surface area contributed by atoms with Gasteiger partial charge in [-0.25, -0.2) is 0 Å². The van der Waals surface area contributed by atoms with E-state index in [1.165, 1.54) is 12.1 Å². The summed E-state index contributed by atoms with van der Waals surface area (Å²) < 4.78 is 40.8. The van der Waals surface area contributed by atoms with Gasteiger partial charge in [0.2, 0.25) is 5.91 Å². The van der Waals surface area contributed by atoms with Crippen LogP contribution in [0.15, 0.2) is 24.3 Å². The first kappa shape index (κ1) is 17.6. The van der Waals surface area contributed by atoms with E-state index >= 15 is 0 Å². The summed E-state index contributed by atoms with van der Waals surface area (Å²) in [5.74, 6) is -0.0328. The Hall–Kier alpha value is -1.76. The number of benzene rings is 1. The van der Waals surface area contributed by atoms with Crippen LogP contribution >= 0.6 is 0 Å². The third kappa shape index (κ3) is 5.42. The summed E-state index contributed by atoms with van der Waals surface area (Å²) in [5.41, 5.74) is 6.11. The molecule has 7 heteroatoms. The Labute approximate surface area is 133 Å². The summed E-state index contributed by atoms with van der Waals surface area (Å²) in [6.45, 7) is -1.03. The molecular weight excluding hydrogens is 309 g/mol. The summed E-state index contributed by atoms with van der Waals surface area (Å²) in [7, 11) is 0. The van der Waals surface area contributed by atoms with E-state index < -0.39 is 18.3 Å². The molecule has 0 spiro atoms. The van der Waals surface area contributed by atoms with Crippen LogP contribution in [-0.2, 0) is 11.3 Å². The Bertz CT molecular complexity index is 523. The molecule has 1 aromatic carbocycles. The number of carbonyl (C=O) groups is 1. The zero-order valence-corrected chi connectivity index (χ0v) is 12.8. The van der Waals surface area contributed by atoms with Crippen LogP contribution in [0.25, 0.3) is 0 Å². The first-order valence-corrected chi connectivity index (χ1v) is 7.64. The summed E-state index contributed by atoms with van der Waals surface area (Å²) in [4.78, 5) is 12.2. The number of nitrogens with one attached hydrogen (secondary N) is 1. The second-order valence-electron chi connectivity index (χ2n) is 5.95. The number of halogens is 3. The first-order valence-electron chi connectivity index (χ1n) is 7.64. The molecule has 0 aliphatic heterocycles. The molecule has 0 aromatic heterocycles. The molecule has 0 radical (unpaired) electrons. The van der Waals surface area contributed by atoms with Gasteiger partial charge in [0.25, 0.3) is 0 Å². The SMILES string of the molecule is NC1(C(=O)NCc2ccc(OCC(F)(F)F)cc2)CCCCC1. The highest BCUT2D eigenvalue weighted by Gasteiger charge is 2.34. The number of alkyl halides is 3. The fourth-order valence-corrected chi connectivity index (χ4v) is 2.64. The lowest BCUT2D eigenvalue weighted by atomic mass is 9.82. The van der Waals surface area contributed by atoms with Gasteiger partial charge in [-0.1, -0.05) is 31.4 Å². The molecule has 1 amide bonds. The van der Waals surface area contributed by atoms with Gasteiger partial charge in [0.1, 0.15) is 5.75 Å². The number of amides is 1. The van der Waals surface area contributed by atoms with Crippen LogP contribution in [0.4, 0.5) is 13.2 Å². The maximum Gasteiger partial charge on any atom is 0.422 e. The fourth-order valence-electron chi connectivity index (χ4n) is 2.64. The molecular formula is C16H21F3N2O2. The number of hydrogen-bond acceptors (Lipinski definition) is 3. The lowest BCUT2D eigenvalue weighted by molar-refractivity contribution is -0.153. The molecule has 3 N–H and O–H groups in total. The van der Waals surface area contributed by atoms with Gasteiger partial charge in [0.05, 0.1) is 5.54 Å². The summed E-state index contributed by atoms with van der Waals surface area (Å²) in [6.07, 6.45) is 0.0180. The average molecular weight is 330 g/mol. The smallest absolute Gasteiger partial charge is 0.422 e. The minimum atomic E-state index is -4.36. The zero-order valence-electron chi connectivity index (χ0n) is 12.8. The van der Waals surface area contributed by atoms with Crippen LogP contribution in [0, 0.1) is 0 Å². The number of carbonyl (C=O) groups excluding carboxylic acids is 1. The van der Waals surface area contributed by atoms with E-state index in [-0.39, 0.29) is 18.2 Å². The first-order chi connectivity index (χ1) is 10.8. The minimum absolute atomic E-state index is 0.139. The molecule has 23 heavy (non-hydrogen) atoms. The van der Waals surface area contributed by atoms with Gasteiger partial charge in [-0.05, 0) is 30.5 Å². The second-order valence-corrected chi connectivity index (χ2v) is 5.95. The quantitative estimate of drug-likeness (QED) is 0.872. The predicted octanol–water partition coefficient (Wildman–Crippen LogP) is 2.91. The van der Waals surface area contributed by atoms with E-state index in [0.29, 0.717) is 12.8 Å². The molecule has 128 valence electrons. The van der Waals surface area contributed by atoms with Crippen molar-refractivity contribution in [1.82, 2.24) is 5.32 Å². The Kier molecular flexibility index (Phi) is 5.51. The van der Waals surface area contributed by atoms with Gasteiger partial charge >= 0.3 is 6.18 Å². The maximum atomic E-state index is 12.2. The van der Waals surface area contributed by atoms with Crippen LogP contribution in [0.1, 0.15) is 37.7 Å². The number of rotatable bonds is 5. The Morgan fingerprint density at radius 3 is 2.35 bits per heavy atom. The van der Waals surface area contributed by atoms with Crippen molar-refractivity contribution in [3.05, 3.63) is 29.8 Å². The van der Waals surface area contributed by atoms with Crippen LogP contribution in [0.3, 0.4) is 0 Å². The largest absolute Gasteiger partial charge is 0.484 e. The van der Waals surface area contributed by atoms with Gasteiger partial charge in [-0.15, -0.1) is 0 Å². The summed E-state index contributed by atoms with van der Waals surface area (Å²) in [6, 6.07) is 6.14. The molecule has 1 aliphatic carbocycles. The van der Waals surface area contributed by atoms with Gasteiger partial charge in [0, 0.05) is 6.54 Å². The summed E-state index contributed by atoms with van der Waals surface area (Å²) in [5, 5.41) is 2.80. The molecule has 0 bridgehead atoms. The highest BCUT2D eigenvalue weighted by Crippen LogP contribution is 2.26. The molecule has 2 rings (SSSR count). The molecule has 0 unspecified atom stereocenters. The monoisotopic (exact) mass is 330 g/mol. The second kappa shape index (κ2) is 7.21. The van der Waals surface area contributed by atoms with Crippen LogP contribution in [0.5, 0.6) is 5.75 Å². The standard InChI is InChI=1S/C16H21F3N2O2/c17-16(18,19)11-23-13-6-4-12(5-7-13)10-21-14(22)15(20)8-2-1-3-9-15/h4-7H,1-3,8-11,20H2,(H,21,22). The van der Waals surface area contributed by atoms with Crippen LogP contribution in [0.2, 0.25) is 0 Å². The highest BCUT2D eigenvalue weighted by atomic mass is 19.4. The van der Waals surface area contributed by atoms with Gasteiger partial charge < -0.3 is 15.8 Å². The zero-order chi connectivity index (χ0) is 16.9. The van der Waals surface area contributed by atoms with E-state index in [2.05, 4.69) is 10.1 Å². The van der Waals surface area contributed by atoms with E-state index in [1.54, 1.807) is 12.1 Å². The fraction of sp³-hybridized carbons (Fsp3) is 0.562. The average Bonchev–Trinajstić information content (AvgIpc) is 2.51. The van der Waals surface area contributed by atoms with E-state index in [4.69, 9.17) is 5.73 Å². The van der Waals surface area contributed by atoms with Crippen LogP contribution < -0.4 is 15.8 Å².